The van der Waals surface area contributed by atoms with Gasteiger partial charge in [0.25, 0.3) is 0 Å². The van der Waals surface area contributed by atoms with Crippen molar-refractivity contribution < 1.29 is 23.0 Å². The molecule has 0 saturated carbocycles. The van der Waals surface area contributed by atoms with Crippen LogP contribution in [0.15, 0.2) is 54.7 Å². The Hall–Kier alpha value is -2.87. The molecular formula is C19H18F3N3O2. The first-order valence-corrected chi connectivity index (χ1v) is 8.24. The maximum Gasteiger partial charge on any atom is 0.416 e. The van der Waals surface area contributed by atoms with Crippen LogP contribution in [0, 0.1) is 0 Å². The number of nitrogens with zero attached hydrogens (tertiary/aromatic N) is 3. The van der Waals surface area contributed by atoms with Crippen molar-refractivity contribution >= 4 is 16.9 Å². The number of aromatic nitrogens is 2. The summed E-state index contributed by atoms with van der Waals surface area (Å²) in [5.41, 5.74) is 0.781. The minimum absolute atomic E-state index is 0.0588. The largest absolute Gasteiger partial charge is 0.491 e. The lowest BCUT2D eigenvalue weighted by atomic mass is 10.2. The molecule has 1 unspecified atom stereocenters. The van der Waals surface area contributed by atoms with Crippen LogP contribution in [0.4, 0.5) is 19.0 Å². The van der Waals surface area contributed by atoms with Crippen LogP contribution in [0.25, 0.3) is 11.0 Å². The number of para-hydroxylation sites is 2. The van der Waals surface area contributed by atoms with E-state index < -0.39 is 17.8 Å². The van der Waals surface area contributed by atoms with E-state index in [4.69, 9.17) is 4.74 Å². The zero-order chi connectivity index (χ0) is 19.4. The number of rotatable bonds is 6. The molecule has 142 valence electrons. The van der Waals surface area contributed by atoms with Crippen LogP contribution in [0.2, 0.25) is 0 Å². The number of benzene rings is 2. The number of aliphatic hydroxyl groups is 1. The lowest BCUT2D eigenvalue weighted by molar-refractivity contribution is -0.137. The van der Waals surface area contributed by atoms with E-state index in [2.05, 4.69) is 9.97 Å². The summed E-state index contributed by atoms with van der Waals surface area (Å²) < 4.78 is 43.0. The molecule has 1 heterocycles. The van der Waals surface area contributed by atoms with Crippen molar-refractivity contribution in [2.45, 2.75) is 12.3 Å². The van der Waals surface area contributed by atoms with E-state index in [1.807, 2.05) is 24.3 Å². The van der Waals surface area contributed by atoms with Crippen molar-refractivity contribution in [3.63, 3.8) is 0 Å². The molecular weight excluding hydrogens is 359 g/mol. The highest BCUT2D eigenvalue weighted by atomic mass is 19.4. The first-order chi connectivity index (χ1) is 12.8. The van der Waals surface area contributed by atoms with Gasteiger partial charge in [0.2, 0.25) is 0 Å². The summed E-state index contributed by atoms with van der Waals surface area (Å²) in [4.78, 5) is 10.5. The summed E-state index contributed by atoms with van der Waals surface area (Å²) in [6.07, 6.45) is -3.63. The number of fused-ring (bicyclic) bond motifs is 1. The number of likely N-dealkylation sites (N-methyl/N-ethyl adjacent to an activating group) is 1. The molecule has 1 N–H and O–H groups in total. The SMILES string of the molecule is CN(CC(O)COc1ccc(C(F)(F)F)cc1)c1cnc2ccccc2n1. The topological polar surface area (TPSA) is 58.5 Å². The normalized spacial score (nSPS) is 12.8. The molecule has 0 spiro atoms. The number of hydrogen-bond donors (Lipinski definition) is 1. The maximum absolute atomic E-state index is 12.5. The number of hydrogen-bond acceptors (Lipinski definition) is 5. The maximum atomic E-state index is 12.5. The highest BCUT2D eigenvalue weighted by Gasteiger charge is 2.30. The molecule has 0 saturated heterocycles. The van der Waals surface area contributed by atoms with E-state index in [-0.39, 0.29) is 18.9 Å². The summed E-state index contributed by atoms with van der Waals surface area (Å²) in [5, 5.41) is 10.1. The predicted octanol–water partition coefficient (Wildman–Crippen LogP) is 3.52. The molecule has 5 nitrogen and oxygen atoms in total. The second-order valence-electron chi connectivity index (χ2n) is 6.08. The first kappa shape index (κ1) is 18.9. The van der Waals surface area contributed by atoms with Gasteiger partial charge in [-0.2, -0.15) is 13.2 Å². The van der Waals surface area contributed by atoms with Crippen molar-refractivity contribution in [1.29, 1.82) is 0 Å². The van der Waals surface area contributed by atoms with Crippen LogP contribution in [-0.2, 0) is 6.18 Å². The molecule has 0 radical (unpaired) electrons. The Balaban J connectivity index is 1.55. The van der Waals surface area contributed by atoms with Gasteiger partial charge in [-0.15, -0.1) is 0 Å². The van der Waals surface area contributed by atoms with E-state index in [1.54, 1.807) is 18.1 Å². The Morgan fingerprint density at radius 1 is 1.07 bits per heavy atom. The molecule has 27 heavy (non-hydrogen) atoms. The summed E-state index contributed by atoms with van der Waals surface area (Å²) in [7, 11) is 1.76. The smallest absolute Gasteiger partial charge is 0.416 e. The quantitative estimate of drug-likeness (QED) is 0.712. The Kier molecular flexibility index (Phi) is 5.46. The van der Waals surface area contributed by atoms with Gasteiger partial charge in [0.05, 0.1) is 22.8 Å². The molecule has 0 bridgehead atoms. The average molecular weight is 377 g/mol. The predicted molar refractivity (Wildman–Crippen MR) is 95.8 cm³/mol. The van der Waals surface area contributed by atoms with Crippen molar-refractivity contribution in [3.8, 4) is 5.75 Å². The third-order valence-corrected chi connectivity index (χ3v) is 3.94. The summed E-state index contributed by atoms with van der Waals surface area (Å²) >= 11 is 0. The fraction of sp³-hybridized carbons (Fsp3) is 0.263. The molecule has 8 heteroatoms. The lowest BCUT2D eigenvalue weighted by Gasteiger charge is -2.22. The molecule has 0 aliphatic heterocycles. The molecule has 3 aromatic rings. The van der Waals surface area contributed by atoms with Gasteiger partial charge in [0.1, 0.15) is 24.3 Å². The monoisotopic (exact) mass is 377 g/mol. The minimum Gasteiger partial charge on any atom is -0.491 e. The number of anilines is 1. The molecule has 1 aromatic heterocycles. The zero-order valence-electron chi connectivity index (χ0n) is 14.5. The van der Waals surface area contributed by atoms with E-state index in [0.717, 1.165) is 23.2 Å². The standard InChI is InChI=1S/C19H18F3N3O2/c1-25(18-10-23-16-4-2-3-5-17(16)24-18)11-14(26)12-27-15-8-6-13(7-9-15)19(20,21)22/h2-10,14,26H,11-12H2,1H3. The molecule has 0 amide bonds. The van der Waals surface area contributed by atoms with Crippen LogP contribution < -0.4 is 9.64 Å². The van der Waals surface area contributed by atoms with Crippen molar-refractivity contribution in [2.24, 2.45) is 0 Å². The first-order valence-electron chi connectivity index (χ1n) is 8.24. The van der Waals surface area contributed by atoms with Crippen molar-refractivity contribution in [2.75, 3.05) is 25.1 Å². The van der Waals surface area contributed by atoms with Gasteiger partial charge in [0.15, 0.2) is 0 Å². The number of alkyl halides is 3. The average Bonchev–Trinajstić information content (AvgIpc) is 2.65. The minimum atomic E-state index is -4.39. The second-order valence-corrected chi connectivity index (χ2v) is 6.08. The third kappa shape index (κ3) is 4.85. The second kappa shape index (κ2) is 7.79. The molecule has 0 aliphatic carbocycles. The number of halogens is 3. The zero-order valence-corrected chi connectivity index (χ0v) is 14.5. The van der Waals surface area contributed by atoms with Crippen LogP contribution >= 0.6 is 0 Å². The van der Waals surface area contributed by atoms with Crippen LogP contribution in [-0.4, -0.2) is 41.4 Å². The third-order valence-electron chi connectivity index (χ3n) is 3.94. The van der Waals surface area contributed by atoms with E-state index >= 15 is 0 Å². The Labute approximate surface area is 154 Å². The fourth-order valence-electron chi connectivity index (χ4n) is 2.53. The Morgan fingerprint density at radius 2 is 1.74 bits per heavy atom. The molecule has 1 atom stereocenters. The van der Waals surface area contributed by atoms with Crippen molar-refractivity contribution in [3.05, 3.63) is 60.3 Å². The summed E-state index contributed by atoms with van der Waals surface area (Å²) in [6, 6.07) is 11.8. The Morgan fingerprint density at radius 3 is 2.41 bits per heavy atom. The molecule has 0 fully saturated rings. The molecule has 2 aromatic carbocycles. The van der Waals surface area contributed by atoms with E-state index in [9.17, 15) is 18.3 Å². The van der Waals surface area contributed by atoms with Crippen LogP contribution in [0.1, 0.15) is 5.56 Å². The van der Waals surface area contributed by atoms with Gasteiger partial charge in [0, 0.05) is 13.6 Å². The van der Waals surface area contributed by atoms with Gasteiger partial charge in [-0.3, -0.25) is 4.98 Å². The van der Waals surface area contributed by atoms with E-state index in [1.165, 1.54) is 12.1 Å². The summed E-state index contributed by atoms with van der Waals surface area (Å²) in [5.74, 6) is 0.859. The number of aliphatic hydroxyl groups excluding tert-OH is 1. The van der Waals surface area contributed by atoms with Crippen LogP contribution in [0.3, 0.4) is 0 Å². The van der Waals surface area contributed by atoms with Crippen LogP contribution in [0.5, 0.6) is 5.75 Å². The molecule has 3 rings (SSSR count). The lowest BCUT2D eigenvalue weighted by Crippen LogP contribution is -2.33. The highest BCUT2D eigenvalue weighted by molar-refractivity contribution is 5.75. The van der Waals surface area contributed by atoms with Gasteiger partial charge >= 0.3 is 6.18 Å². The highest BCUT2D eigenvalue weighted by Crippen LogP contribution is 2.30. The van der Waals surface area contributed by atoms with Crippen molar-refractivity contribution in [1.82, 2.24) is 9.97 Å². The van der Waals surface area contributed by atoms with Gasteiger partial charge in [-0.25, -0.2) is 4.98 Å². The van der Waals surface area contributed by atoms with Gasteiger partial charge in [-0.05, 0) is 36.4 Å². The Bertz CT molecular complexity index is 901. The van der Waals surface area contributed by atoms with Gasteiger partial charge in [-0.1, -0.05) is 12.1 Å². The molecule has 0 aliphatic rings. The van der Waals surface area contributed by atoms with Gasteiger partial charge < -0.3 is 14.7 Å². The number of ether oxygens (including phenoxy) is 1. The summed E-state index contributed by atoms with van der Waals surface area (Å²) in [6.45, 7) is 0.171. The fourth-order valence-corrected chi connectivity index (χ4v) is 2.53. The van der Waals surface area contributed by atoms with E-state index in [0.29, 0.717) is 5.82 Å².